The third-order valence-corrected chi connectivity index (χ3v) is 10.7. The summed E-state index contributed by atoms with van der Waals surface area (Å²) in [6, 6.07) is 11.0. The number of nitrogens with zero attached hydrogens (tertiary/aromatic N) is 2. The first-order valence-electron chi connectivity index (χ1n) is 13.7. The molecular weight excluding hydrogens is 504 g/mol. The molecule has 2 saturated carbocycles. The van der Waals surface area contributed by atoms with Crippen molar-refractivity contribution in [3.8, 4) is 11.5 Å². The Morgan fingerprint density at radius 1 is 1.03 bits per heavy atom. The number of sulfonamides is 1. The highest BCUT2D eigenvalue weighted by molar-refractivity contribution is 7.90. The minimum atomic E-state index is -3.80. The Labute approximate surface area is 224 Å². The number of phenolic OH excluding ortho intramolecular Hbond substituents is 2. The van der Waals surface area contributed by atoms with Gasteiger partial charge in [-0.3, -0.25) is 9.69 Å². The summed E-state index contributed by atoms with van der Waals surface area (Å²) in [5.74, 6) is 0.282. The van der Waals surface area contributed by atoms with Crippen molar-refractivity contribution < 1.29 is 28.5 Å². The van der Waals surface area contributed by atoms with Gasteiger partial charge in [0.25, 0.3) is 15.9 Å². The number of phenols is 2. The Morgan fingerprint density at radius 2 is 1.76 bits per heavy atom. The molecule has 2 unspecified atom stereocenters. The van der Waals surface area contributed by atoms with E-state index in [1.54, 1.807) is 24.3 Å². The van der Waals surface area contributed by atoms with E-state index in [0.29, 0.717) is 19.3 Å². The van der Waals surface area contributed by atoms with E-state index in [-0.39, 0.29) is 40.0 Å². The number of aryl methyl sites for hydroxylation is 1. The lowest BCUT2D eigenvalue weighted by Gasteiger charge is -2.55. The molecule has 6 rings (SSSR count). The molecule has 0 spiro atoms. The van der Waals surface area contributed by atoms with Crippen LogP contribution in [0.3, 0.4) is 0 Å². The van der Waals surface area contributed by atoms with Crippen LogP contribution in [0.5, 0.6) is 11.5 Å². The van der Waals surface area contributed by atoms with Gasteiger partial charge in [0, 0.05) is 18.6 Å². The summed E-state index contributed by atoms with van der Waals surface area (Å²) in [7, 11) is -3.80. The van der Waals surface area contributed by atoms with Crippen molar-refractivity contribution in [1.82, 2.24) is 9.21 Å². The van der Waals surface area contributed by atoms with Gasteiger partial charge in [0.05, 0.1) is 11.2 Å². The summed E-state index contributed by atoms with van der Waals surface area (Å²) in [6.07, 6.45) is 6.00. The van der Waals surface area contributed by atoms with Gasteiger partial charge in [0.1, 0.15) is 4.90 Å². The second-order valence-corrected chi connectivity index (χ2v) is 13.1. The predicted octanol–water partition coefficient (Wildman–Crippen LogP) is 4.03. The van der Waals surface area contributed by atoms with Crippen molar-refractivity contribution in [1.29, 1.82) is 0 Å². The number of piperidine rings is 1. The standard InChI is InChI=1S/C22H30N2O4S.C7H8O2/c1-2-20-22(26)11-9-17(13-16(22)10-12-23(20)14-15-7-8-15)24-21(25)18-5-3-4-6-19(18)29(24,27)28;1-5-2-3-6(8)7(9)4-5/h3-6,15-17,20,26H,2,7-14H2,1H3;2-4,8-9H,1H3/t16?,17-,20-,22?;/m1./s1. The van der Waals surface area contributed by atoms with Gasteiger partial charge in [0.15, 0.2) is 11.5 Å². The number of hydrogen-bond donors (Lipinski definition) is 3. The van der Waals surface area contributed by atoms with Crippen LogP contribution in [0.15, 0.2) is 47.4 Å². The molecule has 1 amide bonds. The second-order valence-electron chi connectivity index (χ2n) is 11.4. The topological polar surface area (TPSA) is 118 Å². The molecule has 0 radical (unpaired) electrons. The van der Waals surface area contributed by atoms with E-state index in [1.165, 1.54) is 31.0 Å². The molecule has 3 fully saturated rings. The van der Waals surface area contributed by atoms with Gasteiger partial charge in [0.2, 0.25) is 0 Å². The molecule has 2 aromatic carbocycles. The number of amides is 1. The Bertz CT molecular complexity index is 1310. The quantitative estimate of drug-likeness (QED) is 0.499. The van der Waals surface area contributed by atoms with Gasteiger partial charge in [-0.05, 0) is 100 Å². The SMILES string of the molecule is CC[C@H]1N(CC2CC2)CCC2C[C@H](N3C(=O)c4ccccc4S3(=O)=O)CCC21O.Cc1ccc(O)c(O)c1. The van der Waals surface area contributed by atoms with Crippen LogP contribution >= 0.6 is 0 Å². The van der Waals surface area contributed by atoms with Crippen molar-refractivity contribution >= 4 is 15.9 Å². The Morgan fingerprint density at radius 3 is 2.39 bits per heavy atom. The van der Waals surface area contributed by atoms with Crippen LogP contribution in [-0.4, -0.2) is 69.6 Å². The molecule has 4 atom stereocenters. The molecule has 0 bridgehead atoms. The number of carbonyl (C=O) groups excluding carboxylic acids is 1. The highest BCUT2D eigenvalue weighted by atomic mass is 32.2. The van der Waals surface area contributed by atoms with E-state index < -0.39 is 21.5 Å². The maximum absolute atomic E-state index is 13.1. The fourth-order valence-electron chi connectivity index (χ4n) is 6.73. The average Bonchev–Trinajstić information content (AvgIpc) is 3.67. The zero-order chi connectivity index (χ0) is 27.2. The lowest BCUT2D eigenvalue weighted by molar-refractivity contribution is -0.149. The molecule has 2 aliphatic heterocycles. The first-order chi connectivity index (χ1) is 18.1. The molecule has 9 heteroatoms. The lowest BCUT2D eigenvalue weighted by Crippen LogP contribution is -2.64. The Kier molecular flexibility index (Phi) is 7.22. The van der Waals surface area contributed by atoms with Crippen molar-refractivity contribution in [2.75, 3.05) is 13.1 Å². The first kappa shape index (κ1) is 27.0. The van der Waals surface area contributed by atoms with E-state index in [4.69, 9.17) is 10.2 Å². The largest absolute Gasteiger partial charge is 0.504 e. The summed E-state index contributed by atoms with van der Waals surface area (Å²) in [6.45, 7) is 6.02. The van der Waals surface area contributed by atoms with Gasteiger partial charge in [-0.15, -0.1) is 0 Å². The molecular formula is C29H38N2O6S. The Balaban J connectivity index is 0.000000278. The molecule has 206 valence electrons. The van der Waals surface area contributed by atoms with E-state index in [1.807, 2.05) is 6.92 Å². The maximum Gasteiger partial charge on any atom is 0.269 e. The zero-order valence-corrected chi connectivity index (χ0v) is 22.9. The minimum absolute atomic E-state index is 0.0355. The fraction of sp³-hybridized carbons (Fsp3) is 0.552. The predicted molar refractivity (Wildman–Crippen MR) is 143 cm³/mol. The van der Waals surface area contributed by atoms with Crippen LogP contribution in [0.4, 0.5) is 0 Å². The van der Waals surface area contributed by atoms with Gasteiger partial charge in [-0.25, -0.2) is 12.7 Å². The van der Waals surface area contributed by atoms with Crippen molar-refractivity contribution in [2.45, 2.75) is 81.4 Å². The first-order valence-corrected chi connectivity index (χ1v) is 15.1. The molecule has 1 saturated heterocycles. The van der Waals surface area contributed by atoms with Crippen molar-refractivity contribution in [3.05, 3.63) is 53.6 Å². The number of aliphatic hydroxyl groups is 1. The smallest absolute Gasteiger partial charge is 0.269 e. The van der Waals surface area contributed by atoms with E-state index in [2.05, 4.69) is 11.8 Å². The summed E-state index contributed by atoms with van der Waals surface area (Å²) in [4.78, 5) is 15.5. The number of fused-ring (bicyclic) bond motifs is 2. The number of hydrogen-bond acceptors (Lipinski definition) is 7. The van der Waals surface area contributed by atoms with Crippen LogP contribution in [0.25, 0.3) is 0 Å². The zero-order valence-electron chi connectivity index (χ0n) is 22.1. The van der Waals surface area contributed by atoms with Gasteiger partial charge >= 0.3 is 0 Å². The van der Waals surface area contributed by atoms with Crippen LogP contribution in [0, 0.1) is 18.8 Å². The number of carbonyl (C=O) groups is 1. The third kappa shape index (κ3) is 4.80. The van der Waals surface area contributed by atoms with Crippen LogP contribution in [0.1, 0.15) is 67.8 Å². The highest BCUT2D eigenvalue weighted by Gasteiger charge is 2.55. The summed E-state index contributed by atoms with van der Waals surface area (Å²) >= 11 is 0. The molecule has 0 aromatic heterocycles. The summed E-state index contributed by atoms with van der Waals surface area (Å²) in [5, 5.41) is 29.3. The fourth-order valence-corrected chi connectivity index (χ4v) is 8.52. The van der Waals surface area contributed by atoms with Crippen molar-refractivity contribution in [3.63, 3.8) is 0 Å². The van der Waals surface area contributed by atoms with E-state index >= 15 is 0 Å². The number of benzene rings is 2. The van der Waals surface area contributed by atoms with Crippen molar-refractivity contribution in [2.24, 2.45) is 11.8 Å². The maximum atomic E-state index is 13.1. The second kappa shape index (κ2) is 10.2. The molecule has 2 heterocycles. The summed E-state index contributed by atoms with van der Waals surface area (Å²) < 4.78 is 27.3. The molecule has 8 nitrogen and oxygen atoms in total. The Hall–Kier alpha value is -2.62. The van der Waals surface area contributed by atoms with E-state index in [9.17, 15) is 18.3 Å². The van der Waals surface area contributed by atoms with Gasteiger partial charge in [-0.2, -0.15) is 0 Å². The monoisotopic (exact) mass is 542 g/mol. The average molecular weight is 543 g/mol. The molecule has 2 aliphatic carbocycles. The number of likely N-dealkylation sites (tertiary alicyclic amines) is 1. The number of aromatic hydroxyl groups is 2. The lowest BCUT2D eigenvalue weighted by atomic mass is 9.65. The van der Waals surface area contributed by atoms with Gasteiger partial charge < -0.3 is 15.3 Å². The normalized spacial score (nSPS) is 30.2. The van der Waals surface area contributed by atoms with E-state index in [0.717, 1.165) is 41.7 Å². The van der Waals surface area contributed by atoms with Crippen LogP contribution in [-0.2, 0) is 10.0 Å². The molecule has 4 aliphatic rings. The van der Waals surface area contributed by atoms with Crippen LogP contribution < -0.4 is 0 Å². The molecule has 38 heavy (non-hydrogen) atoms. The molecule has 2 aromatic rings. The number of rotatable bonds is 4. The van der Waals surface area contributed by atoms with Crippen LogP contribution in [0.2, 0.25) is 0 Å². The minimum Gasteiger partial charge on any atom is -0.504 e. The highest BCUT2D eigenvalue weighted by Crippen LogP contribution is 2.48. The summed E-state index contributed by atoms with van der Waals surface area (Å²) in [5.41, 5.74) is 0.432. The van der Waals surface area contributed by atoms with Gasteiger partial charge in [-0.1, -0.05) is 25.1 Å². The molecule has 3 N–H and O–H groups in total. The third-order valence-electron chi connectivity index (χ3n) is 8.82.